The minimum Gasteiger partial charge on any atom is -0.444 e. The fraction of sp³-hybridized carbons (Fsp3) is 0.583. The first kappa shape index (κ1) is 11.6. The van der Waals surface area contributed by atoms with E-state index < -0.39 is 5.60 Å². The Morgan fingerprint density at radius 3 is 2.80 bits per heavy atom. The number of hydrogen-bond donors (Lipinski definition) is 1. The van der Waals surface area contributed by atoms with Gasteiger partial charge in [-0.05, 0) is 39.2 Å². The summed E-state index contributed by atoms with van der Waals surface area (Å²) in [6, 6.07) is 0.0194. The summed E-state index contributed by atoms with van der Waals surface area (Å²) in [6.45, 7) is 5.51. The van der Waals surface area contributed by atoms with Crippen LogP contribution in [0.4, 0.5) is 4.79 Å². The van der Waals surface area contributed by atoms with E-state index in [0.29, 0.717) is 0 Å². The number of carbonyl (C=O) groups excluding carboxylic acids is 1. The molecule has 15 heavy (non-hydrogen) atoms. The molecule has 0 aliphatic heterocycles. The van der Waals surface area contributed by atoms with Crippen molar-refractivity contribution >= 4 is 6.09 Å². The molecule has 0 unspecified atom stereocenters. The van der Waals surface area contributed by atoms with Crippen molar-refractivity contribution in [3.8, 4) is 12.3 Å². The Morgan fingerprint density at radius 2 is 2.33 bits per heavy atom. The third-order valence-corrected chi connectivity index (χ3v) is 2.01. The lowest BCUT2D eigenvalue weighted by molar-refractivity contribution is 0.0514. The van der Waals surface area contributed by atoms with Crippen LogP contribution in [0.5, 0.6) is 0 Å². The molecule has 0 aromatic carbocycles. The smallest absolute Gasteiger partial charge is 0.408 e. The largest absolute Gasteiger partial charge is 0.444 e. The molecule has 1 aliphatic rings. The van der Waals surface area contributed by atoms with Crippen molar-refractivity contribution in [3.63, 3.8) is 0 Å². The van der Waals surface area contributed by atoms with Gasteiger partial charge in [0.2, 0.25) is 0 Å². The van der Waals surface area contributed by atoms with Crippen molar-refractivity contribution in [2.75, 3.05) is 0 Å². The Bertz CT molecular complexity index is 317. The van der Waals surface area contributed by atoms with Crippen LogP contribution in [0.1, 0.15) is 33.6 Å². The summed E-state index contributed by atoms with van der Waals surface area (Å²) in [5, 5.41) is 2.77. The highest BCUT2D eigenvalue weighted by Crippen LogP contribution is 2.18. The Labute approximate surface area is 90.9 Å². The third-order valence-electron chi connectivity index (χ3n) is 2.01. The predicted molar refractivity (Wildman–Crippen MR) is 59.3 cm³/mol. The molecule has 0 aromatic heterocycles. The molecule has 0 aromatic rings. The van der Waals surface area contributed by atoms with Gasteiger partial charge >= 0.3 is 6.09 Å². The summed E-state index contributed by atoms with van der Waals surface area (Å²) >= 11 is 0. The topological polar surface area (TPSA) is 38.3 Å². The van der Waals surface area contributed by atoms with Gasteiger partial charge in [-0.2, -0.15) is 0 Å². The normalized spacial score (nSPS) is 20.4. The van der Waals surface area contributed by atoms with Gasteiger partial charge in [-0.15, -0.1) is 6.42 Å². The Kier molecular flexibility index (Phi) is 3.41. The van der Waals surface area contributed by atoms with Crippen LogP contribution in [0.3, 0.4) is 0 Å². The number of carbonyl (C=O) groups is 1. The Morgan fingerprint density at radius 1 is 1.67 bits per heavy atom. The van der Waals surface area contributed by atoms with Gasteiger partial charge in [0, 0.05) is 0 Å². The molecule has 1 N–H and O–H groups in total. The highest BCUT2D eigenvalue weighted by Gasteiger charge is 2.21. The second-order valence-corrected chi connectivity index (χ2v) is 4.63. The molecule has 0 saturated heterocycles. The second kappa shape index (κ2) is 4.39. The summed E-state index contributed by atoms with van der Waals surface area (Å²) in [5.74, 6) is 2.58. The molecule has 1 atom stereocenters. The van der Waals surface area contributed by atoms with Crippen molar-refractivity contribution in [1.82, 2.24) is 5.32 Å². The van der Waals surface area contributed by atoms with Gasteiger partial charge in [0.05, 0.1) is 6.04 Å². The van der Waals surface area contributed by atoms with E-state index in [4.69, 9.17) is 11.2 Å². The van der Waals surface area contributed by atoms with E-state index in [1.807, 2.05) is 26.8 Å². The summed E-state index contributed by atoms with van der Waals surface area (Å²) in [7, 11) is 0. The molecule has 0 heterocycles. The van der Waals surface area contributed by atoms with Crippen LogP contribution in [0.25, 0.3) is 0 Å². The summed E-state index contributed by atoms with van der Waals surface area (Å²) < 4.78 is 5.14. The standard InChI is InChI=1S/C12H17NO2/c1-5-9-6-7-10(8-9)13-11(14)15-12(2,3)4/h1,8,10H,6-7H2,2-4H3,(H,13,14)/t10-/m1/s1. The van der Waals surface area contributed by atoms with Gasteiger partial charge in [0.15, 0.2) is 0 Å². The zero-order valence-corrected chi connectivity index (χ0v) is 9.46. The van der Waals surface area contributed by atoms with Crippen LogP contribution in [0.15, 0.2) is 11.6 Å². The molecule has 1 rings (SSSR count). The van der Waals surface area contributed by atoms with E-state index in [1.165, 1.54) is 0 Å². The molecule has 0 saturated carbocycles. The molecule has 82 valence electrons. The number of rotatable bonds is 1. The SMILES string of the molecule is C#CC1=C[C@H](NC(=O)OC(C)(C)C)CC1. The molecule has 3 heteroatoms. The van der Waals surface area contributed by atoms with Gasteiger partial charge in [-0.3, -0.25) is 0 Å². The fourth-order valence-corrected chi connectivity index (χ4v) is 1.41. The van der Waals surface area contributed by atoms with Gasteiger partial charge < -0.3 is 10.1 Å². The van der Waals surface area contributed by atoms with Crippen LogP contribution < -0.4 is 5.32 Å². The van der Waals surface area contributed by atoms with E-state index in [2.05, 4.69) is 11.2 Å². The summed E-state index contributed by atoms with van der Waals surface area (Å²) in [5.41, 5.74) is 0.498. The Hall–Kier alpha value is -1.43. The third kappa shape index (κ3) is 4.07. The highest BCUT2D eigenvalue weighted by atomic mass is 16.6. The van der Waals surface area contributed by atoms with E-state index in [-0.39, 0.29) is 12.1 Å². The average Bonchev–Trinajstić information content (AvgIpc) is 2.48. The molecule has 0 bridgehead atoms. The van der Waals surface area contributed by atoms with Gasteiger partial charge in [0.25, 0.3) is 0 Å². The van der Waals surface area contributed by atoms with Crippen LogP contribution in [-0.2, 0) is 4.74 Å². The number of nitrogens with one attached hydrogen (secondary N) is 1. The number of alkyl carbamates (subject to hydrolysis) is 1. The first-order valence-electron chi connectivity index (χ1n) is 5.07. The summed E-state index contributed by atoms with van der Waals surface area (Å²) in [4.78, 5) is 11.4. The Balaban J connectivity index is 2.41. The van der Waals surface area contributed by atoms with Gasteiger partial charge in [-0.1, -0.05) is 12.0 Å². The summed E-state index contributed by atoms with van der Waals surface area (Å²) in [6.07, 6.45) is 8.50. The lowest BCUT2D eigenvalue weighted by Crippen LogP contribution is -2.37. The average molecular weight is 207 g/mol. The molecular weight excluding hydrogens is 190 g/mol. The maximum Gasteiger partial charge on any atom is 0.408 e. The first-order valence-corrected chi connectivity index (χ1v) is 5.07. The fourth-order valence-electron chi connectivity index (χ4n) is 1.41. The van der Waals surface area contributed by atoms with E-state index >= 15 is 0 Å². The maximum atomic E-state index is 11.4. The van der Waals surface area contributed by atoms with E-state index in [1.54, 1.807) is 0 Å². The molecule has 3 nitrogen and oxygen atoms in total. The highest BCUT2D eigenvalue weighted by molar-refractivity contribution is 5.68. The van der Waals surface area contributed by atoms with Gasteiger partial charge in [-0.25, -0.2) is 4.79 Å². The molecular formula is C12H17NO2. The van der Waals surface area contributed by atoms with Crippen LogP contribution in [0.2, 0.25) is 0 Å². The zero-order chi connectivity index (χ0) is 11.5. The van der Waals surface area contributed by atoms with Gasteiger partial charge in [0.1, 0.15) is 5.60 Å². The maximum absolute atomic E-state index is 11.4. The molecule has 1 amide bonds. The predicted octanol–water partition coefficient (Wildman–Crippen LogP) is 2.23. The van der Waals surface area contributed by atoms with E-state index in [0.717, 1.165) is 18.4 Å². The minimum atomic E-state index is -0.457. The van der Waals surface area contributed by atoms with Crippen molar-refractivity contribution < 1.29 is 9.53 Å². The number of hydrogen-bond acceptors (Lipinski definition) is 2. The number of amides is 1. The molecule has 0 fully saturated rings. The zero-order valence-electron chi connectivity index (χ0n) is 9.46. The van der Waals surface area contributed by atoms with Crippen LogP contribution in [-0.4, -0.2) is 17.7 Å². The van der Waals surface area contributed by atoms with Crippen LogP contribution >= 0.6 is 0 Å². The van der Waals surface area contributed by atoms with Crippen molar-refractivity contribution in [2.45, 2.75) is 45.3 Å². The lowest BCUT2D eigenvalue weighted by Gasteiger charge is -2.21. The van der Waals surface area contributed by atoms with Crippen molar-refractivity contribution in [2.24, 2.45) is 0 Å². The minimum absolute atomic E-state index is 0.0194. The van der Waals surface area contributed by atoms with Crippen molar-refractivity contribution in [1.29, 1.82) is 0 Å². The first-order chi connectivity index (χ1) is 6.90. The quantitative estimate of drug-likeness (QED) is 0.670. The van der Waals surface area contributed by atoms with Crippen molar-refractivity contribution in [3.05, 3.63) is 11.6 Å². The van der Waals surface area contributed by atoms with Crippen LogP contribution in [0, 0.1) is 12.3 Å². The number of allylic oxidation sites excluding steroid dienone is 1. The molecule has 1 aliphatic carbocycles. The van der Waals surface area contributed by atoms with E-state index in [9.17, 15) is 4.79 Å². The molecule has 0 radical (unpaired) electrons. The second-order valence-electron chi connectivity index (χ2n) is 4.63. The number of terminal acetylenes is 1. The lowest BCUT2D eigenvalue weighted by atomic mass is 10.2. The molecule has 0 spiro atoms. The monoisotopic (exact) mass is 207 g/mol. The number of ether oxygens (including phenoxy) is 1.